The zero-order valence-electron chi connectivity index (χ0n) is 11.0. The molecule has 0 unspecified atom stereocenters. The Labute approximate surface area is 107 Å². The van der Waals surface area contributed by atoms with Gasteiger partial charge in [0.2, 0.25) is 0 Å². The number of ketones is 1. The fourth-order valence-corrected chi connectivity index (χ4v) is 3.69. The van der Waals surface area contributed by atoms with Gasteiger partial charge in [0.25, 0.3) is 0 Å². The third kappa shape index (κ3) is 1.43. The van der Waals surface area contributed by atoms with Gasteiger partial charge in [0.15, 0.2) is 5.78 Å². The van der Waals surface area contributed by atoms with Gasteiger partial charge in [-0.25, -0.2) is 4.79 Å². The van der Waals surface area contributed by atoms with Crippen LogP contribution in [0.1, 0.15) is 33.6 Å². The molecule has 3 heteroatoms. The molecule has 0 spiro atoms. The molecule has 4 atom stereocenters. The smallest absolute Gasteiger partial charge is 0.334 e. The van der Waals surface area contributed by atoms with E-state index in [1.54, 1.807) is 6.08 Å². The van der Waals surface area contributed by atoms with Gasteiger partial charge in [-0.05, 0) is 42.7 Å². The summed E-state index contributed by atoms with van der Waals surface area (Å²) in [6.45, 7) is 6.02. The van der Waals surface area contributed by atoms with Crippen LogP contribution in [0.25, 0.3) is 0 Å². The van der Waals surface area contributed by atoms with Crippen molar-refractivity contribution in [2.45, 2.75) is 39.7 Å². The summed E-state index contributed by atoms with van der Waals surface area (Å²) in [7, 11) is 0. The predicted octanol–water partition coefficient (Wildman–Crippen LogP) is 2.42. The monoisotopic (exact) mass is 246 g/mol. The number of allylic oxidation sites excluding steroid dienone is 2. The summed E-state index contributed by atoms with van der Waals surface area (Å²) in [4.78, 5) is 23.5. The molecule has 0 aromatic carbocycles. The highest BCUT2D eigenvalue weighted by Gasteiger charge is 2.50. The molecule has 0 aromatic rings. The highest BCUT2D eigenvalue weighted by Crippen LogP contribution is 2.52. The van der Waals surface area contributed by atoms with Crippen LogP contribution in [-0.2, 0) is 14.3 Å². The lowest BCUT2D eigenvalue weighted by Crippen LogP contribution is -2.44. The Bertz CT molecular complexity index is 500. The molecule has 96 valence electrons. The number of hydrogen-bond acceptors (Lipinski definition) is 3. The van der Waals surface area contributed by atoms with Gasteiger partial charge >= 0.3 is 5.97 Å². The number of fused-ring (bicyclic) bond motifs is 2. The van der Waals surface area contributed by atoms with Gasteiger partial charge in [-0.3, -0.25) is 4.79 Å². The molecule has 0 radical (unpaired) electrons. The third-order valence-corrected chi connectivity index (χ3v) is 5.02. The van der Waals surface area contributed by atoms with Gasteiger partial charge in [-0.2, -0.15) is 0 Å². The van der Waals surface area contributed by atoms with Gasteiger partial charge < -0.3 is 4.74 Å². The van der Waals surface area contributed by atoms with Gasteiger partial charge in [0.1, 0.15) is 6.10 Å². The summed E-state index contributed by atoms with van der Waals surface area (Å²) < 4.78 is 5.42. The quantitative estimate of drug-likeness (QED) is 0.616. The van der Waals surface area contributed by atoms with E-state index in [1.807, 2.05) is 19.9 Å². The van der Waals surface area contributed by atoms with Crippen molar-refractivity contribution < 1.29 is 14.3 Å². The third-order valence-electron chi connectivity index (χ3n) is 5.02. The van der Waals surface area contributed by atoms with Crippen LogP contribution in [0.15, 0.2) is 23.3 Å². The number of carbonyl (C=O) groups is 2. The molecule has 1 aliphatic heterocycles. The predicted molar refractivity (Wildman–Crippen MR) is 66.7 cm³/mol. The highest BCUT2D eigenvalue weighted by atomic mass is 16.5. The Hall–Kier alpha value is -1.38. The number of carbonyl (C=O) groups excluding carboxylic acids is 2. The minimum Gasteiger partial charge on any atom is -0.454 e. The van der Waals surface area contributed by atoms with Crippen molar-refractivity contribution in [3.63, 3.8) is 0 Å². The molecule has 1 fully saturated rings. The minimum absolute atomic E-state index is 0.0214. The summed E-state index contributed by atoms with van der Waals surface area (Å²) in [6, 6.07) is 0. The second-order valence-electron chi connectivity index (χ2n) is 6.09. The van der Waals surface area contributed by atoms with Crippen LogP contribution in [0, 0.1) is 17.3 Å². The molecule has 0 bridgehead atoms. The molecule has 2 aliphatic carbocycles. The van der Waals surface area contributed by atoms with Gasteiger partial charge in [-0.15, -0.1) is 0 Å². The standard InChI is InChI=1S/C15H18O3/c1-8-10-6-11-9(2)12(16)4-5-15(11,3)7-13(10)18-14(8)17/h4-5,9,11,13H,6-7H2,1-3H3/t9-,11-,13-,15+/m0/s1. The summed E-state index contributed by atoms with van der Waals surface area (Å²) in [5.74, 6) is 0.363. The zero-order valence-corrected chi connectivity index (χ0v) is 11.0. The van der Waals surface area contributed by atoms with Crippen molar-refractivity contribution in [3.05, 3.63) is 23.3 Å². The van der Waals surface area contributed by atoms with E-state index < -0.39 is 0 Å². The van der Waals surface area contributed by atoms with E-state index >= 15 is 0 Å². The van der Waals surface area contributed by atoms with Crippen molar-refractivity contribution in [1.82, 2.24) is 0 Å². The molecule has 3 rings (SSSR count). The second-order valence-corrected chi connectivity index (χ2v) is 6.09. The van der Waals surface area contributed by atoms with Crippen LogP contribution in [-0.4, -0.2) is 17.9 Å². The molecule has 3 aliphatic rings. The molecule has 1 heterocycles. The van der Waals surface area contributed by atoms with Crippen LogP contribution in [0.3, 0.4) is 0 Å². The maximum atomic E-state index is 11.8. The molecule has 1 saturated carbocycles. The fourth-order valence-electron chi connectivity index (χ4n) is 3.69. The molecule has 18 heavy (non-hydrogen) atoms. The Balaban J connectivity index is 2.02. The lowest BCUT2D eigenvalue weighted by molar-refractivity contribution is -0.142. The SMILES string of the molecule is CC1=C2C[C@H]3[C@H](C)C(=O)C=C[C@]3(C)C[C@@H]2OC1=O. The molecular formula is C15H18O3. The molecular weight excluding hydrogens is 228 g/mol. The number of esters is 1. The molecule has 0 amide bonds. The van der Waals surface area contributed by atoms with E-state index in [2.05, 4.69) is 6.92 Å². The topological polar surface area (TPSA) is 43.4 Å². The van der Waals surface area contributed by atoms with Crippen LogP contribution in [0.2, 0.25) is 0 Å². The Kier molecular flexibility index (Phi) is 2.31. The van der Waals surface area contributed by atoms with Crippen molar-refractivity contribution >= 4 is 11.8 Å². The Morgan fingerprint density at radius 3 is 2.83 bits per heavy atom. The number of rotatable bonds is 0. The van der Waals surface area contributed by atoms with Crippen molar-refractivity contribution in [1.29, 1.82) is 0 Å². The zero-order chi connectivity index (χ0) is 13.1. The van der Waals surface area contributed by atoms with E-state index in [-0.39, 0.29) is 29.2 Å². The number of ether oxygens (including phenoxy) is 1. The minimum atomic E-state index is -0.180. The van der Waals surface area contributed by atoms with Crippen molar-refractivity contribution in [3.8, 4) is 0 Å². The van der Waals surface area contributed by atoms with Crippen molar-refractivity contribution in [2.75, 3.05) is 0 Å². The lowest BCUT2D eigenvalue weighted by Gasteiger charge is -2.46. The molecule has 0 aromatic heterocycles. The van der Waals surface area contributed by atoms with E-state index in [9.17, 15) is 9.59 Å². The first kappa shape index (κ1) is 11.7. The Morgan fingerprint density at radius 1 is 1.39 bits per heavy atom. The first-order chi connectivity index (χ1) is 8.42. The molecule has 0 saturated heterocycles. The molecule has 0 N–H and O–H groups in total. The van der Waals surface area contributed by atoms with Gasteiger partial charge in [-0.1, -0.05) is 19.9 Å². The second kappa shape index (κ2) is 3.56. The van der Waals surface area contributed by atoms with Crippen molar-refractivity contribution in [2.24, 2.45) is 17.3 Å². The van der Waals surface area contributed by atoms with E-state index in [4.69, 9.17) is 4.74 Å². The average Bonchev–Trinajstić information content (AvgIpc) is 2.58. The van der Waals surface area contributed by atoms with Gasteiger partial charge in [0.05, 0.1) is 0 Å². The van der Waals surface area contributed by atoms with Crippen LogP contribution < -0.4 is 0 Å². The Morgan fingerprint density at radius 2 is 2.11 bits per heavy atom. The largest absolute Gasteiger partial charge is 0.454 e. The summed E-state index contributed by atoms with van der Waals surface area (Å²) in [5, 5.41) is 0. The van der Waals surface area contributed by atoms with Crippen LogP contribution >= 0.6 is 0 Å². The van der Waals surface area contributed by atoms with E-state index in [0.717, 1.165) is 24.0 Å². The maximum Gasteiger partial charge on any atom is 0.334 e. The summed E-state index contributed by atoms with van der Waals surface area (Å²) >= 11 is 0. The first-order valence-electron chi connectivity index (χ1n) is 6.56. The fraction of sp³-hybridized carbons (Fsp3) is 0.600. The first-order valence-corrected chi connectivity index (χ1v) is 6.56. The van der Waals surface area contributed by atoms with Crippen LogP contribution in [0.5, 0.6) is 0 Å². The van der Waals surface area contributed by atoms with E-state index in [1.165, 1.54) is 0 Å². The molecule has 3 nitrogen and oxygen atoms in total. The van der Waals surface area contributed by atoms with E-state index in [0.29, 0.717) is 5.92 Å². The summed E-state index contributed by atoms with van der Waals surface area (Å²) in [6.07, 6.45) is 5.29. The summed E-state index contributed by atoms with van der Waals surface area (Å²) in [5.41, 5.74) is 1.86. The lowest BCUT2D eigenvalue weighted by atomic mass is 9.58. The maximum absolute atomic E-state index is 11.8. The van der Waals surface area contributed by atoms with Gasteiger partial charge in [0, 0.05) is 11.5 Å². The highest BCUT2D eigenvalue weighted by molar-refractivity contribution is 5.94. The van der Waals surface area contributed by atoms with Crippen LogP contribution in [0.4, 0.5) is 0 Å². The normalized spacial score (nSPS) is 42.7. The number of hydrogen-bond donors (Lipinski definition) is 0. The average molecular weight is 246 g/mol.